The number of ether oxygens (including phenoxy) is 2. The van der Waals surface area contributed by atoms with Gasteiger partial charge in [0.1, 0.15) is 11.2 Å². The minimum absolute atomic E-state index is 0.0952. The first-order chi connectivity index (χ1) is 25.2. The van der Waals surface area contributed by atoms with Crippen molar-refractivity contribution < 1.29 is 19.1 Å². The van der Waals surface area contributed by atoms with Crippen LogP contribution >= 0.6 is 11.6 Å². The zero-order chi connectivity index (χ0) is 39.2. The third kappa shape index (κ3) is 13.2. The minimum atomic E-state index is -0.426. The quantitative estimate of drug-likeness (QED) is 0.129. The number of carbonyl (C=O) groups excluding carboxylic acids is 2. The van der Waals surface area contributed by atoms with Gasteiger partial charge in [-0.05, 0) is 120 Å². The lowest BCUT2D eigenvalue weighted by Crippen LogP contribution is -2.53. The van der Waals surface area contributed by atoms with E-state index < -0.39 is 5.60 Å². The molecule has 3 aliphatic rings. The number of benzene rings is 1. The maximum Gasteiger partial charge on any atom is 0.410 e. The van der Waals surface area contributed by atoms with E-state index in [0.717, 1.165) is 55.8 Å². The Morgan fingerprint density at radius 1 is 1.13 bits per heavy atom. The second-order valence-corrected chi connectivity index (χ2v) is 15.7. The topological polar surface area (TPSA) is 108 Å². The van der Waals surface area contributed by atoms with Crippen molar-refractivity contribution in [2.45, 2.75) is 124 Å². The van der Waals surface area contributed by atoms with Crippen molar-refractivity contribution in [1.82, 2.24) is 25.8 Å². The fourth-order valence-electron chi connectivity index (χ4n) is 6.49. The van der Waals surface area contributed by atoms with Crippen LogP contribution in [0.3, 0.4) is 0 Å². The number of aliphatic imine (C=N–C) groups is 1. The number of allylic oxidation sites excluding steroid dienone is 4. The molecule has 0 radical (unpaired) electrons. The Bertz CT molecular complexity index is 1500. The maximum absolute atomic E-state index is 12.9. The number of alkyl carbamates (subject to hydrolysis) is 1. The number of halogens is 1. The SMILES string of the molecule is C/C=C(/C)c1cc(Cl)ccc1[C@@H](C1C=CC=CN1)N1CCN(C(=O)OC2(C(C)C)CC2)CC1.CCCCC(C)(C)OC(=O)N[C@H](C)/C(C)=C/NC=NC. The molecule has 1 saturated heterocycles. The van der Waals surface area contributed by atoms with Crippen LogP contribution in [-0.2, 0) is 9.47 Å². The number of unbranched alkanes of at least 4 members (excludes halogenated alkanes) is 1. The normalized spacial score (nSPS) is 19.9. The lowest BCUT2D eigenvalue weighted by Gasteiger charge is -2.43. The van der Waals surface area contributed by atoms with Crippen molar-refractivity contribution in [2.75, 3.05) is 33.2 Å². The summed E-state index contributed by atoms with van der Waals surface area (Å²) in [5.74, 6) is 0.363. The van der Waals surface area contributed by atoms with Gasteiger partial charge in [-0.1, -0.05) is 63.1 Å². The van der Waals surface area contributed by atoms with E-state index in [1.165, 1.54) is 16.7 Å². The predicted molar refractivity (Wildman–Crippen MR) is 219 cm³/mol. The van der Waals surface area contributed by atoms with Crippen molar-refractivity contribution in [1.29, 1.82) is 0 Å². The zero-order valence-corrected chi connectivity index (χ0v) is 34.6. The second-order valence-electron chi connectivity index (χ2n) is 15.3. The number of piperazine rings is 1. The number of hydrogen-bond acceptors (Lipinski definition) is 7. The third-order valence-corrected chi connectivity index (χ3v) is 10.7. The van der Waals surface area contributed by atoms with Crippen molar-refractivity contribution in [3.8, 4) is 0 Å². The summed E-state index contributed by atoms with van der Waals surface area (Å²) < 4.78 is 11.4. The summed E-state index contributed by atoms with van der Waals surface area (Å²) in [5.41, 5.74) is 3.97. The van der Waals surface area contributed by atoms with Gasteiger partial charge in [-0.2, -0.15) is 0 Å². The first-order valence-corrected chi connectivity index (χ1v) is 19.6. The molecule has 2 amide bonds. The molecule has 3 N–H and O–H groups in total. The largest absolute Gasteiger partial charge is 0.444 e. The van der Waals surface area contributed by atoms with Crippen molar-refractivity contribution >= 4 is 35.7 Å². The monoisotopic (exact) mass is 752 g/mol. The lowest BCUT2D eigenvalue weighted by molar-refractivity contribution is 0.0106. The van der Waals surface area contributed by atoms with Gasteiger partial charge in [0.25, 0.3) is 0 Å². The molecule has 1 aromatic carbocycles. The first-order valence-electron chi connectivity index (χ1n) is 19.2. The van der Waals surface area contributed by atoms with Gasteiger partial charge in [0.2, 0.25) is 0 Å². The lowest BCUT2D eigenvalue weighted by atomic mass is 9.89. The highest BCUT2D eigenvalue weighted by Gasteiger charge is 2.50. The summed E-state index contributed by atoms with van der Waals surface area (Å²) in [7, 11) is 1.69. The van der Waals surface area contributed by atoms with Gasteiger partial charge >= 0.3 is 12.2 Å². The zero-order valence-electron chi connectivity index (χ0n) is 33.8. The fourth-order valence-corrected chi connectivity index (χ4v) is 6.67. The summed E-state index contributed by atoms with van der Waals surface area (Å²) in [6.07, 6.45) is 18.3. The van der Waals surface area contributed by atoms with Gasteiger partial charge in [-0.3, -0.25) is 9.89 Å². The Labute approximate surface area is 324 Å². The van der Waals surface area contributed by atoms with Crippen LogP contribution in [-0.4, -0.2) is 84.8 Å². The van der Waals surface area contributed by atoms with E-state index >= 15 is 0 Å². The molecule has 1 aromatic rings. The molecule has 3 atom stereocenters. The molecule has 2 heterocycles. The van der Waals surface area contributed by atoms with Crippen LogP contribution in [0, 0.1) is 5.92 Å². The molecule has 0 aromatic heterocycles. The van der Waals surface area contributed by atoms with Crippen LogP contribution in [0.25, 0.3) is 5.57 Å². The summed E-state index contributed by atoms with van der Waals surface area (Å²) in [6, 6.07) is 6.36. The van der Waals surface area contributed by atoms with E-state index in [-0.39, 0.29) is 35.9 Å². The molecule has 10 nitrogen and oxygen atoms in total. The molecule has 2 fully saturated rings. The predicted octanol–water partition coefficient (Wildman–Crippen LogP) is 9.01. The Hall–Kier alpha value is -3.76. The summed E-state index contributed by atoms with van der Waals surface area (Å²) >= 11 is 6.39. The second kappa shape index (κ2) is 20.6. The van der Waals surface area contributed by atoms with Crippen molar-refractivity contribution in [3.05, 3.63) is 76.6 Å². The van der Waals surface area contributed by atoms with Crippen LogP contribution in [0.2, 0.25) is 5.02 Å². The van der Waals surface area contributed by atoms with E-state index in [1.54, 1.807) is 19.6 Å². The molecule has 294 valence electrons. The average molecular weight is 753 g/mol. The molecule has 1 unspecified atom stereocenters. The van der Waals surface area contributed by atoms with Crippen molar-refractivity contribution in [3.63, 3.8) is 0 Å². The fraction of sp³-hybridized carbons (Fsp3) is 0.595. The van der Waals surface area contributed by atoms with E-state index in [0.29, 0.717) is 19.0 Å². The van der Waals surface area contributed by atoms with Gasteiger partial charge in [0.15, 0.2) is 0 Å². The van der Waals surface area contributed by atoms with E-state index in [4.69, 9.17) is 21.1 Å². The number of nitrogens with zero attached hydrogens (tertiary/aromatic N) is 3. The van der Waals surface area contributed by atoms with Crippen LogP contribution in [0.1, 0.15) is 112 Å². The smallest absolute Gasteiger partial charge is 0.410 e. The molecule has 1 aliphatic carbocycles. The highest BCUT2D eigenvalue weighted by molar-refractivity contribution is 6.30. The van der Waals surface area contributed by atoms with E-state index in [9.17, 15) is 9.59 Å². The van der Waals surface area contributed by atoms with Crippen molar-refractivity contribution in [2.24, 2.45) is 10.9 Å². The number of amides is 2. The van der Waals surface area contributed by atoms with Crippen LogP contribution in [0.5, 0.6) is 0 Å². The summed E-state index contributed by atoms with van der Waals surface area (Å²) in [5, 5.41) is 10.0. The van der Waals surface area contributed by atoms with Gasteiger partial charge in [-0.15, -0.1) is 0 Å². The van der Waals surface area contributed by atoms with Crippen LogP contribution in [0.15, 0.2) is 65.5 Å². The molecule has 0 spiro atoms. The minimum Gasteiger partial charge on any atom is -0.444 e. The van der Waals surface area contributed by atoms with Gasteiger partial charge < -0.3 is 30.3 Å². The third-order valence-electron chi connectivity index (χ3n) is 10.4. The Kier molecular flexibility index (Phi) is 17.0. The van der Waals surface area contributed by atoms with Crippen LogP contribution in [0.4, 0.5) is 9.59 Å². The number of rotatable bonds is 14. The maximum atomic E-state index is 12.9. The van der Waals surface area contributed by atoms with Gasteiger partial charge in [0.05, 0.1) is 24.5 Å². The van der Waals surface area contributed by atoms with Gasteiger partial charge in [-0.25, -0.2) is 9.59 Å². The summed E-state index contributed by atoms with van der Waals surface area (Å²) in [6.45, 7) is 21.2. The molecular weight excluding hydrogens is 688 g/mol. The standard InChI is InChI=1S/C27H36ClN3O2.C15H29N3O2/c1-5-20(4)23-18-21(28)9-10-22(23)25(24-8-6-7-13-29-24)30-14-16-31(17-15-30)26(32)33-27(11-12-27)19(2)3;1-7-8-9-15(4,5)20-14(19)18-13(3)12(2)10-17-11-16-6/h5-10,13,18-19,24-25,29H,11-12,14-17H2,1-4H3;10-11,13H,7-9H2,1-6H3,(H,16,17)(H,18,19)/b20-5-;12-10+/t24?,25-;13-/m01/s1. The molecule has 2 aliphatic heterocycles. The van der Waals surface area contributed by atoms with Crippen LogP contribution < -0.4 is 16.0 Å². The molecule has 53 heavy (non-hydrogen) atoms. The molecule has 11 heteroatoms. The average Bonchev–Trinajstić information content (AvgIpc) is 3.92. The number of dihydropyridines is 1. The van der Waals surface area contributed by atoms with Gasteiger partial charge in [0, 0.05) is 44.4 Å². The summed E-state index contributed by atoms with van der Waals surface area (Å²) in [4.78, 5) is 32.9. The number of nitrogens with one attached hydrogen (secondary N) is 3. The molecule has 0 bridgehead atoms. The highest BCUT2D eigenvalue weighted by Crippen LogP contribution is 2.46. The Morgan fingerprint density at radius 3 is 2.40 bits per heavy atom. The first kappa shape index (κ1) is 43.6. The molecule has 4 rings (SSSR count). The Morgan fingerprint density at radius 2 is 1.83 bits per heavy atom. The van der Waals surface area contributed by atoms with E-state index in [2.05, 4.69) is 90.8 Å². The highest BCUT2D eigenvalue weighted by atomic mass is 35.5. The molecular formula is C42H65ClN6O4. The molecule has 1 saturated carbocycles. The number of hydrogen-bond donors (Lipinski definition) is 3. The van der Waals surface area contributed by atoms with E-state index in [1.807, 2.05) is 50.9 Å². The number of carbonyl (C=O) groups is 2. The Balaban J connectivity index is 0.000000327.